The third-order valence-corrected chi connectivity index (χ3v) is 4.89. The van der Waals surface area contributed by atoms with Crippen LogP contribution in [-0.2, 0) is 0 Å². The molecule has 2 aromatic carbocycles. The molecule has 0 saturated heterocycles. The number of rotatable bonds is 3. The molecular weight excluding hydrogens is 370 g/mol. The van der Waals surface area contributed by atoms with E-state index >= 15 is 0 Å². The smallest absolute Gasteiger partial charge is 0.0715 e. The Morgan fingerprint density at radius 3 is 2.32 bits per heavy atom. The first kappa shape index (κ1) is 16.0. The van der Waals surface area contributed by atoms with Crippen molar-refractivity contribution < 1.29 is 0 Å². The Labute approximate surface area is 156 Å². The molecule has 1 aromatic heterocycles. The van der Waals surface area contributed by atoms with Crippen LogP contribution >= 0.6 is 15.9 Å². The second-order valence-electron chi connectivity index (χ2n) is 6.16. The molecule has 0 radical (unpaired) electrons. The molecular formula is C23H18BrN. The van der Waals surface area contributed by atoms with Crippen molar-refractivity contribution >= 4 is 21.5 Å². The zero-order valence-corrected chi connectivity index (χ0v) is 15.4. The molecule has 1 heterocycles. The van der Waals surface area contributed by atoms with Crippen molar-refractivity contribution in [3.05, 3.63) is 95.1 Å². The predicted molar refractivity (Wildman–Crippen MR) is 109 cm³/mol. The molecule has 122 valence electrons. The molecule has 2 heteroatoms. The van der Waals surface area contributed by atoms with Crippen LogP contribution in [0.5, 0.6) is 0 Å². The summed E-state index contributed by atoms with van der Waals surface area (Å²) in [6.07, 6.45) is 8.65. The zero-order valence-electron chi connectivity index (χ0n) is 13.8. The lowest BCUT2D eigenvalue weighted by Crippen LogP contribution is -1.96. The fourth-order valence-electron chi connectivity index (χ4n) is 3.10. The van der Waals surface area contributed by atoms with Crippen LogP contribution in [0.25, 0.3) is 28.0 Å². The summed E-state index contributed by atoms with van der Waals surface area (Å²) in [7, 11) is 0. The van der Waals surface area contributed by atoms with Gasteiger partial charge in [0.25, 0.3) is 0 Å². The number of benzene rings is 2. The number of allylic oxidation sites excluding steroid dienone is 4. The highest BCUT2D eigenvalue weighted by atomic mass is 79.9. The van der Waals surface area contributed by atoms with E-state index in [1.807, 2.05) is 6.07 Å². The first-order valence-electron chi connectivity index (χ1n) is 8.49. The fraction of sp³-hybridized carbons (Fsp3) is 0.0870. The average molecular weight is 388 g/mol. The average Bonchev–Trinajstić information content (AvgIpc) is 2.69. The van der Waals surface area contributed by atoms with E-state index in [-0.39, 0.29) is 0 Å². The lowest BCUT2D eigenvalue weighted by Gasteiger charge is -2.13. The molecule has 1 aliphatic rings. The maximum Gasteiger partial charge on any atom is 0.0715 e. The quantitative estimate of drug-likeness (QED) is 0.475. The Kier molecular flexibility index (Phi) is 4.62. The summed E-state index contributed by atoms with van der Waals surface area (Å²) < 4.78 is 1.09. The lowest BCUT2D eigenvalue weighted by atomic mass is 9.96. The normalized spacial score (nSPS) is 13.6. The van der Waals surface area contributed by atoms with Gasteiger partial charge >= 0.3 is 0 Å². The van der Waals surface area contributed by atoms with Crippen molar-refractivity contribution in [1.82, 2.24) is 4.98 Å². The number of halogens is 1. The molecule has 0 spiro atoms. The standard InChI is InChI=1S/C23H18BrN/c24-21-13-7-12-19(14-21)20-15-22(17-8-3-1-4-9-17)25-23(16-20)18-10-5-2-6-11-18/h1-5,7-10,12-16H,6,11H2. The largest absolute Gasteiger partial charge is 0.248 e. The number of hydrogen-bond donors (Lipinski definition) is 0. The van der Waals surface area contributed by atoms with Gasteiger partial charge in [-0.25, -0.2) is 4.98 Å². The molecule has 3 aromatic rings. The van der Waals surface area contributed by atoms with Gasteiger partial charge in [0.1, 0.15) is 0 Å². The Morgan fingerprint density at radius 2 is 1.56 bits per heavy atom. The SMILES string of the molecule is Brc1cccc(-c2cc(C3=CC=CCC3)nc(-c3ccccc3)c2)c1. The summed E-state index contributed by atoms with van der Waals surface area (Å²) >= 11 is 3.58. The van der Waals surface area contributed by atoms with Crippen molar-refractivity contribution in [2.24, 2.45) is 0 Å². The van der Waals surface area contributed by atoms with Gasteiger partial charge in [-0.2, -0.15) is 0 Å². The van der Waals surface area contributed by atoms with Crippen molar-refractivity contribution in [3.63, 3.8) is 0 Å². The van der Waals surface area contributed by atoms with Crippen molar-refractivity contribution in [2.45, 2.75) is 12.8 Å². The van der Waals surface area contributed by atoms with Crippen molar-refractivity contribution in [2.75, 3.05) is 0 Å². The molecule has 0 aliphatic heterocycles. The Bertz CT molecular complexity index is 955. The number of aromatic nitrogens is 1. The minimum absolute atomic E-state index is 1.02. The van der Waals surface area contributed by atoms with Crippen LogP contribution in [0.2, 0.25) is 0 Å². The van der Waals surface area contributed by atoms with E-state index in [4.69, 9.17) is 4.98 Å². The van der Waals surface area contributed by atoms with Gasteiger partial charge in [-0.05, 0) is 53.8 Å². The Balaban J connectivity index is 1.89. The third kappa shape index (κ3) is 3.64. The van der Waals surface area contributed by atoms with E-state index < -0.39 is 0 Å². The molecule has 0 N–H and O–H groups in total. The van der Waals surface area contributed by atoms with Crippen LogP contribution in [-0.4, -0.2) is 4.98 Å². The number of hydrogen-bond acceptors (Lipinski definition) is 1. The summed E-state index contributed by atoms with van der Waals surface area (Å²) in [4.78, 5) is 4.96. The summed E-state index contributed by atoms with van der Waals surface area (Å²) in [5.74, 6) is 0. The predicted octanol–water partition coefficient (Wildman–Crippen LogP) is 6.91. The van der Waals surface area contributed by atoms with Crippen molar-refractivity contribution in [1.29, 1.82) is 0 Å². The first-order chi connectivity index (χ1) is 12.3. The Hall–Kier alpha value is -2.45. The molecule has 4 rings (SSSR count). The fourth-order valence-corrected chi connectivity index (χ4v) is 3.50. The van der Waals surface area contributed by atoms with Crippen LogP contribution < -0.4 is 0 Å². The first-order valence-corrected chi connectivity index (χ1v) is 9.28. The van der Waals surface area contributed by atoms with Crippen molar-refractivity contribution in [3.8, 4) is 22.4 Å². The number of nitrogens with zero attached hydrogens (tertiary/aromatic N) is 1. The van der Waals surface area contributed by atoms with E-state index in [1.54, 1.807) is 0 Å². The number of pyridine rings is 1. The summed E-state index contributed by atoms with van der Waals surface area (Å²) in [5, 5.41) is 0. The molecule has 25 heavy (non-hydrogen) atoms. The van der Waals surface area contributed by atoms with Gasteiger partial charge in [-0.3, -0.25) is 0 Å². The van der Waals surface area contributed by atoms with E-state index in [1.165, 1.54) is 16.7 Å². The van der Waals surface area contributed by atoms with Crippen LogP contribution in [0.15, 0.2) is 89.4 Å². The second kappa shape index (κ2) is 7.20. The highest BCUT2D eigenvalue weighted by Gasteiger charge is 2.11. The maximum absolute atomic E-state index is 4.96. The minimum Gasteiger partial charge on any atom is -0.248 e. The lowest BCUT2D eigenvalue weighted by molar-refractivity contribution is 1.04. The van der Waals surface area contributed by atoms with Gasteiger partial charge < -0.3 is 0 Å². The van der Waals surface area contributed by atoms with Crippen LogP contribution in [0.1, 0.15) is 18.5 Å². The van der Waals surface area contributed by atoms with Gasteiger partial charge in [-0.1, -0.05) is 76.6 Å². The molecule has 1 nitrogen and oxygen atoms in total. The van der Waals surface area contributed by atoms with Gasteiger partial charge in [0.2, 0.25) is 0 Å². The van der Waals surface area contributed by atoms with Crippen LogP contribution in [0.3, 0.4) is 0 Å². The Morgan fingerprint density at radius 1 is 0.760 bits per heavy atom. The second-order valence-corrected chi connectivity index (χ2v) is 7.08. The van der Waals surface area contributed by atoms with Crippen LogP contribution in [0, 0.1) is 0 Å². The molecule has 0 bridgehead atoms. The molecule has 0 unspecified atom stereocenters. The molecule has 0 amide bonds. The highest BCUT2D eigenvalue weighted by Crippen LogP contribution is 2.31. The van der Waals surface area contributed by atoms with E-state index in [0.717, 1.165) is 34.3 Å². The maximum atomic E-state index is 4.96. The minimum atomic E-state index is 1.02. The summed E-state index contributed by atoms with van der Waals surface area (Å²) in [6, 6.07) is 23.2. The monoisotopic (exact) mass is 387 g/mol. The van der Waals surface area contributed by atoms with Crippen LogP contribution in [0.4, 0.5) is 0 Å². The highest BCUT2D eigenvalue weighted by molar-refractivity contribution is 9.10. The molecule has 1 aliphatic carbocycles. The van der Waals surface area contributed by atoms with E-state index in [9.17, 15) is 0 Å². The summed E-state index contributed by atoms with van der Waals surface area (Å²) in [5.41, 5.74) is 6.93. The van der Waals surface area contributed by atoms with Gasteiger partial charge in [0, 0.05) is 10.0 Å². The zero-order chi connectivity index (χ0) is 17.1. The molecule has 0 saturated carbocycles. The third-order valence-electron chi connectivity index (χ3n) is 4.40. The summed E-state index contributed by atoms with van der Waals surface area (Å²) in [6.45, 7) is 0. The topological polar surface area (TPSA) is 12.9 Å². The molecule has 0 fully saturated rings. The molecule has 0 atom stereocenters. The van der Waals surface area contributed by atoms with Gasteiger partial charge in [0.05, 0.1) is 11.4 Å². The van der Waals surface area contributed by atoms with Gasteiger partial charge in [-0.15, -0.1) is 0 Å². The van der Waals surface area contributed by atoms with E-state index in [0.29, 0.717) is 0 Å². The van der Waals surface area contributed by atoms with E-state index in [2.05, 4.69) is 94.8 Å². The van der Waals surface area contributed by atoms with Gasteiger partial charge in [0.15, 0.2) is 0 Å².